The minimum Gasteiger partial charge on any atom is -0.397 e. The molecule has 0 aliphatic heterocycles. The Morgan fingerprint density at radius 2 is 2.07 bits per heavy atom. The molecule has 0 saturated heterocycles. The van der Waals surface area contributed by atoms with Crippen LogP contribution in [0.3, 0.4) is 0 Å². The van der Waals surface area contributed by atoms with E-state index >= 15 is 0 Å². The Hall–Kier alpha value is -1.58. The first-order chi connectivity index (χ1) is 7.02. The second-order valence-corrected chi connectivity index (χ2v) is 4.22. The van der Waals surface area contributed by atoms with Gasteiger partial charge in [-0.2, -0.15) is 0 Å². The molecule has 0 aromatic carbocycles. The monoisotopic (exact) mass is 204 g/mol. The Labute approximate surface area is 89.1 Å². The fourth-order valence-corrected chi connectivity index (χ4v) is 1.75. The van der Waals surface area contributed by atoms with Crippen LogP contribution in [0, 0.1) is 6.92 Å². The van der Waals surface area contributed by atoms with Crippen LogP contribution in [-0.2, 0) is 7.05 Å². The van der Waals surface area contributed by atoms with Gasteiger partial charge in [0.2, 0.25) is 0 Å². The Bertz CT molecular complexity index is 511. The lowest BCUT2D eigenvalue weighted by atomic mass is 10.0. The van der Waals surface area contributed by atoms with Crippen molar-refractivity contribution in [3.63, 3.8) is 0 Å². The third-order valence-corrected chi connectivity index (χ3v) is 2.71. The fourth-order valence-electron chi connectivity index (χ4n) is 1.75. The van der Waals surface area contributed by atoms with Gasteiger partial charge in [0.1, 0.15) is 5.52 Å². The van der Waals surface area contributed by atoms with Crippen LogP contribution in [0.2, 0.25) is 0 Å². The van der Waals surface area contributed by atoms with Crippen molar-refractivity contribution in [3.8, 4) is 0 Å². The normalized spacial score (nSPS) is 11.5. The topological polar surface area (TPSA) is 56.7 Å². The first-order valence-corrected chi connectivity index (χ1v) is 5.09. The minimum atomic E-state index is 0.336. The summed E-state index contributed by atoms with van der Waals surface area (Å²) < 4.78 is 1.92. The molecule has 2 N–H and O–H groups in total. The number of rotatable bonds is 1. The number of aromatic nitrogens is 3. The summed E-state index contributed by atoms with van der Waals surface area (Å²) in [5, 5.41) is 0. The number of nitrogen functional groups attached to an aromatic ring is 1. The van der Waals surface area contributed by atoms with Gasteiger partial charge in [-0.15, -0.1) is 0 Å². The third-order valence-electron chi connectivity index (χ3n) is 2.71. The highest BCUT2D eigenvalue weighted by Crippen LogP contribution is 2.27. The van der Waals surface area contributed by atoms with Gasteiger partial charge in [0.15, 0.2) is 5.65 Å². The van der Waals surface area contributed by atoms with Gasteiger partial charge >= 0.3 is 0 Å². The summed E-state index contributed by atoms with van der Waals surface area (Å²) in [6, 6.07) is 0. The van der Waals surface area contributed by atoms with E-state index in [0.29, 0.717) is 5.92 Å². The van der Waals surface area contributed by atoms with Crippen LogP contribution in [0.1, 0.15) is 31.0 Å². The molecule has 2 aromatic rings. The molecule has 2 heterocycles. The zero-order valence-electron chi connectivity index (χ0n) is 9.57. The molecule has 2 rings (SSSR count). The molecule has 2 aromatic heterocycles. The van der Waals surface area contributed by atoms with Gasteiger partial charge in [-0.1, -0.05) is 13.8 Å². The number of pyridine rings is 1. The van der Waals surface area contributed by atoms with Crippen molar-refractivity contribution in [2.45, 2.75) is 26.7 Å². The Kier molecular flexibility index (Phi) is 2.14. The zero-order valence-corrected chi connectivity index (χ0v) is 9.57. The molecule has 0 saturated carbocycles. The first-order valence-electron chi connectivity index (χ1n) is 5.09. The SMILES string of the molecule is Cc1c(N)c(C(C)C)nc2c1ncn2C. The van der Waals surface area contributed by atoms with Crippen LogP contribution in [0.25, 0.3) is 11.2 Å². The van der Waals surface area contributed by atoms with Crippen molar-refractivity contribution in [2.24, 2.45) is 7.05 Å². The lowest BCUT2D eigenvalue weighted by Gasteiger charge is -2.11. The van der Waals surface area contributed by atoms with Crippen molar-refractivity contribution in [1.29, 1.82) is 0 Å². The lowest BCUT2D eigenvalue weighted by Crippen LogP contribution is -2.04. The average molecular weight is 204 g/mol. The molecule has 4 heteroatoms. The van der Waals surface area contributed by atoms with E-state index in [1.807, 2.05) is 18.5 Å². The quantitative estimate of drug-likeness (QED) is 0.772. The van der Waals surface area contributed by atoms with E-state index in [1.165, 1.54) is 0 Å². The molecule has 0 fully saturated rings. The van der Waals surface area contributed by atoms with Gasteiger partial charge in [0, 0.05) is 12.6 Å². The summed E-state index contributed by atoms with van der Waals surface area (Å²) >= 11 is 0. The molecule has 0 unspecified atom stereocenters. The highest BCUT2D eigenvalue weighted by atomic mass is 15.1. The van der Waals surface area contributed by atoms with Crippen molar-refractivity contribution >= 4 is 16.9 Å². The van der Waals surface area contributed by atoms with Crippen molar-refractivity contribution in [2.75, 3.05) is 5.73 Å². The molecule has 0 aliphatic rings. The molecule has 80 valence electrons. The highest BCUT2D eigenvalue weighted by Gasteiger charge is 2.14. The van der Waals surface area contributed by atoms with E-state index < -0.39 is 0 Å². The summed E-state index contributed by atoms with van der Waals surface area (Å²) in [5.74, 6) is 0.336. The second kappa shape index (κ2) is 3.22. The zero-order chi connectivity index (χ0) is 11.2. The molecule has 4 nitrogen and oxygen atoms in total. The van der Waals surface area contributed by atoms with Gasteiger partial charge in [0.05, 0.1) is 17.7 Å². The number of aryl methyl sites for hydroxylation is 2. The lowest BCUT2D eigenvalue weighted by molar-refractivity contribution is 0.822. The maximum atomic E-state index is 6.05. The molecule has 0 atom stereocenters. The fraction of sp³-hybridized carbons (Fsp3) is 0.455. The Balaban J connectivity index is 2.85. The van der Waals surface area contributed by atoms with E-state index in [4.69, 9.17) is 5.73 Å². The van der Waals surface area contributed by atoms with E-state index in [1.54, 1.807) is 6.33 Å². The van der Waals surface area contributed by atoms with Crippen LogP contribution < -0.4 is 5.73 Å². The number of hydrogen-bond acceptors (Lipinski definition) is 3. The van der Waals surface area contributed by atoms with Crippen molar-refractivity contribution in [3.05, 3.63) is 17.6 Å². The van der Waals surface area contributed by atoms with E-state index in [0.717, 1.165) is 28.1 Å². The van der Waals surface area contributed by atoms with Crippen LogP contribution >= 0.6 is 0 Å². The van der Waals surface area contributed by atoms with Gasteiger partial charge in [-0.25, -0.2) is 9.97 Å². The summed E-state index contributed by atoms with van der Waals surface area (Å²) in [4.78, 5) is 8.87. The molecule has 0 aliphatic carbocycles. The molecule has 0 bridgehead atoms. The summed E-state index contributed by atoms with van der Waals surface area (Å²) in [7, 11) is 1.95. The smallest absolute Gasteiger partial charge is 0.160 e. The van der Waals surface area contributed by atoms with Gasteiger partial charge in [-0.05, 0) is 12.8 Å². The molecule has 0 radical (unpaired) electrons. The average Bonchev–Trinajstić information content (AvgIpc) is 2.53. The summed E-state index contributed by atoms with van der Waals surface area (Å²) in [5.41, 5.74) is 10.6. The van der Waals surface area contributed by atoms with Gasteiger partial charge in [0.25, 0.3) is 0 Å². The van der Waals surface area contributed by atoms with Crippen LogP contribution in [0.5, 0.6) is 0 Å². The predicted octanol–water partition coefficient (Wildman–Crippen LogP) is 1.98. The van der Waals surface area contributed by atoms with Gasteiger partial charge in [-0.3, -0.25) is 0 Å². The molecular weight excluding hydrogens is 188 g/mol. The number of nitrogens with two attached hydrogens (primary N) is 1. The number of anilines is 1. The van der Waals surface area contributed by atoms with Crippen molar-refractivity contribution in [1.82, 2.24) is 14.5 Å². The largest absolute Gasteiger partial charge is 0.397 e. The van der Waals surface area contributed by atoms with Gasteiger partial charge < -0.3 is 10.3 Å². The highest BCUT2D eigenvalue weighted by molar-refractivity contribution is 5.81. The van der Waals surface area contributed by atoms with Crippen LogP contribution in [-0.4, -0.2) is 14.5 Å². The number of imidazole rings is 1. The molecule has 0 spiro atoms. The maximum absolute atomic E-state index is 6.05. The number of hydrogen-bond donors (Lipinski definition) is 1. The first kappa shape index (κ1) is 9.96. The summed E-state index contributed by atoms with van der Waals surface area (Å²) in [6.45, 7) is 6.19. The Morgan fingerprint density at radius 3 is 2.67 bits per heavy atom. The summed E-state index contributed by atoms with van der Waals surface area (Å²) in [6.07, 6.45) is 1.77. The standard InChI is InChI=1S/C11H16N4/c1-6(2)9-8(12)7(3)10-11(14-9)15(4)5-13-10/h5-6H,12H2,1-4H3. The molecule has 0 amide bonds. The minimum absolute atomic E-state index is 0.336. The number of fused-ring (bicyclic) bond motifs is 1. The molecule has 15 heavy (non-hydrogen) atoms. The van der Waals surface area contributed by atoms with E-state index in [2.05, 4.69) is 23.8 Å². The molecular formula is C11H16N4. The third kappa shape index (κ3) is 1.37. The second-order valence-electron chi connectivity index (χ2n) is 4.22. The van der Waals surface area contributed by atoms with Crippen LogP contribution in [0.4, 0.5) is 5.69 Å². The predicted molar refractivity (Wildman–Crippen MR) is 61.7 cm³/mol. The van der Waals surface area contributed by atoms with E-state index in [9.17, 15) is 0 Å². The van der Waals surface area contributed by atoms with E-state index in [-0.39, 0.29) is 0 Å². The van der Waals surface area contributed by atoms with Crippen molar-refractivity contribution < 1.29 is 0 Å². The maximum Gasteiger partial charge on any atom is 0.160 e. The van der Waals surface area contributed by atoms with Crippen LogP contribution in [0.15, 0.2) is 6.33 Å². The Morgan fingerprint density at radius 1 is 1.40 bits per heavy atom. The number of nitrogens with zero attached hydrogens (tertiary/aromatic N) is 3.